The SMILES string of the molecule is COc1ccc(C(=O)Oc2conc2COC=O)cc1. The Bertz CT molecular complexity index is 589. The summed E-state index contributed by atoms with van der Waals surface area (Å²) in [7, 11) is 1.53. The molecule has 0 unspecified atom stereocenters. The van der Waals surface area contributed by atoms with E-state index in [0.29, 0.717) is 11.3 Å². The van der Waals surface area contributed by atoms with E-state index in [2.05, 4.69) is 14.4 Å². The molecule has 0 saturated heterocycles. The van der Waals surface area contributed by atoms with Crippen LogP contribution >= 0.6 is 0 Å². The van der Waals surface area contributed by atoms with Gasteiger partial charge in [0.25, 0.3) is 6.47 Å². The van der Waals surface area contributed by atoms with Crippen molar-refractivity contribution in [1.29, 1.82) is 0 Å². The number of esters is 1. The standard InChI is InChI=1S/C13H11NO6/c1-17-10-4-2-9(3-5-10)13(16)20-12-7-19-14-11(12)6-18-8-15/h2-5,7-8H,6H2,1H3. The fourth-order valence-electron chi connectivity index (χ4n) is 1.43. The van der Waals surface area contributed by atoms with Crippen molar-refractivity contribution in [3.05, 3.63) is 41.8 Å². The summed E-state index contributed by atoms with van der Waals surface area (Å²) in [6, 6.07) is 6.41. The Kier molecular flexibility index (Phi) is 4.33. The number of hydrogen-bond donors (Lipinski definition) is 0. The molecule has 1 heterocycles. The van der Waals surface area contributed by atoms with Crippen LogP contribution in [-0.4, -0.2) is 24.7 Å². The summed E-state index contributed by atoms with van der Waals surface area (Å²) in [5, 5.41) is 3.57. The first-order valence-electron chi connectivity index (χ1n) is 5.59. The van der Waals surface area contributed by atoms with Crippen molar-refractivity contribution in [2.24, 2.45) is 0 Å². The fourth-order valence-corrected chi connectivity index (χ4v) is 1.43. The van der Waals surface area contributed by atoms with Gasteiger partial charge >= 0.3 is 5.97 Å². The molecule has 0 aliphatic rings. The topological polar surface area (TPSA) is 87.9 Å². The number of carbonyl (C=O) groups excluding carboxylic acids is 2. The number of benzene rings is 1. The first kappa shape index (κ1) is 13.6. The number of rotatable bonds is 6. The molecule has 0 aliphatic heterocycles. The van der Waals surface area contributed by atoms with E-state index in [1.54, 1.807) is 24.3 Å². The molecule has 0 N–H and O–H groups in total. The van der Waals surface area contributed by atoms with Crippen LogP contribution in [0.5, 0.6) is 11.5 Å². The Balaban J connectivity index is 2.06. The predicted octanol–water partition coefficient (Wildman–Crippen LogP) is 1.58. The molecule has 2 rings (SSSR count). The van der Waals surface area contributed by atoms with Crippen molar-refractivity contribution in [2.75, 3.05) is 7.11 Å². The number of hydrogen-bond acceptors (Lipinski definition) is 7. The molecule has 0 spiro atoms. The molecule has 0 atom stereocenters. The van der Waals surface area contributed by atoms with Crippen molar-refractivity contribution in [3.8, 4) is 11.5 Å². The van der Waals surface area contributed by atoms with Gasteiger partial charge in [0.1, 0.15) is 12.4 Å². The summed E-state index contributed by atoms with van der Waals surface area (Å²) in [4.78, 5) is 22.0. The molecule has 0 amide bonds. The number of carbonyl (C=O) groups is 2. The fraction of sp³-hybridized carbons (Fsp3) is 0.154. The number of ether oxygens (including phenoxy) is 3. The molecule has 1 aromatic heterocycles. The molecule has 104 valence electrons. The van der Waals surface area contributed by atoms with E-state index >= 15 is 0 Å². The van der Waals surface area contributed by atoms with Gasteiger partial charge in [-0.1, -0.05) is 5.16 Å². The minimum absolute atomic E-state index is 0.104. The minimum atomic E-state index is -0.580. The largest absolute Gasteiger partial charge is 0.497 e. The molecule has 0 fully saturated rings. The van der Waals surface area contributed by atoms with Crippen molar-refractivity contribution in [1.82, 2.24) is 5.16 Å². The van der Waals surface area contributed by atoms with Crippen LogP contribution in [0.15, 0.2) is 35.1 Å². The van der Waals surface area contributed by atoms with Gasteiger partial charge in [-0.3, -0.25) is 4.79 Å². The van der Waals surface area contributed by atoms with Gasteiger partial charge in [0, 0.05) is 0 Å². The summed E-state index contributed by atoms with van der Waals surface area (Å²) in [5.41, 5.74) is 0.563. The Morgan fingerprint density at radius 2 is 2.10 bits per heavy atom. The van der Waals surface area contributed by atoms with E-state index in [-0.39, 0.29) is 24.5 Å². The van der Waals surface area contributed by atoms with E-state index < -0.39 is 5.97 Å². The zero-order valence-corrected chi connectivity index (χ0v) is 10.6. The normalized spacial score (nSPS) is 9.85. The molecular weight excluding hydrogens is 266 g/mol. The molecule has 1 aromatic carbocycles. The highest BCUT2D eigenvalue weighted by molar-refractivity contribution is 5.91. The van der Waals surface area contributed by atoms with E-state index in [1.807, 2.05) is 0 Å². The van der Waals surface area contributed by atoms with Crippen LogP contribution < -0.4 is 9.47 Å². The second-order valence-electron chi connectivity index (χ2n) is 3.65. The van der Waals surface area contributed by atoms with E-state index in [9.17, 15) is 9.59 Å². The quantitative estimate of drug-likeness (QED) is 0.585. The number of methoxy groups -OCH3 is 1. The second-order valence-corrected chi connectivity index (χ2v) is 3.65. The smallest absolute Gasteiger partial charge is 0.343 e. The zero-order valence-electron chi connectivity index (χ0n) is 10.6. The molecular formula is C13H11NO6. The molecule has 0 bridgehead atoms. The van der Waals surface area contributed by atoms with Crippen molar-refractivity contribution in [2.45, 2.75) is 6.61 Å². The van der Waals surface area contributed by atoms with Gasteiger partial charge in [0.15, 0.2) is 17.7 Å². The van der Waals surface area contributed by atoms with E-state index in [1.165, 1.54) is 7.11 Å². The molecule has 2 aromatic rings. The van der Waals surface area contributed by atoms with Crippen molar-refractivity contribution in [3.63, 3.8) is 0 Å². The summed E-state index contributed by atoms with van der Waals surface area (Å²) in [5.74, 6) is 0.155. The predicted molar refractivity (Wildman–Crippen MR) is 65.3 cm³/mol. The first-order valence-corrected chi connectivity index (χ1v) is 5.59. The second kappa shape index (κ2) is 6.37. The van der Waals surface area contributed by atoms with Crippen molar-refractivity contribution >= 4 is 12.4 Å². The Morgan fingerprint density at radius 1 is 1.35 bits per heavy atom. The van der Waals surface area contributed by atoms with Gasteiger partial charge in [-0.25, -0.2) is 4.79 Å². The minimum Gasteiger partial charge on any atom is -0.497 e. The highest BCUT2D eigenvalue weighted by atomic mass is 16.6. The Morgan fingerprint density at radius 3 is 2.75 bits per heavy atom. The zero-order chi connectivity index (χ0) is 14.4. The third-order valence-electron chi connectivity index (χ3n) is 2.42. The van der Waals surface area contributed by atoms with Crippen LogP contribution in [0.1, 0.15) is 16.1 Å². The molecule has 0 saturated carbocycles. The average Bonchev–Trinajstić information content (AvgIpc) is 2.92. The monoisotopic (exact) mass is 277 g/mol. The summed E-state index contributed by atoms with van der Waals surface area (Å²) < 4.78 is 19.3. The molecule has 7 heteroatoms. The van der Waals surface area contributed by atoms with Crippen LogP contribution in [0.25, 0.3) is 0 Å². The molecule has 0 radical (unpaired) electrons. The highest BCUT2D eigenvalue weighted by Crippen LogP contribution is 2.19. The first-order chi connectivity index (χ1) is 9.74. The highest BCUT2D eigenvalue weighted by Gasteiger charge is 2.15. The lowest BCUT2D eigenvalue weighted by Gasteiger charge is -2.04. The van der Waals surface area contributed by atoms with Crippen LogP contribution in [0.2, 0.25) is 0 Å². The third kappa shape index (κ3) is 3.14. The Hall–Kier alpha value is -2.83. The summed E-state index contributed by atoms with van der Waals surface area (Å²) in [6.45, 7) is 0.134. The van der Waals surface area contributed by atoms with Gasteiger partial charge in [-0.15, -0.1) is 0 Å². The maximum absolute atomic E-state index is 11.9. The lowest BCUT2D eigenvalue weighted by molar-refractivity contribution is -0.129. The van der Waals surface area contributed by atoms with Crippen LogP contribution in [0.4, 0.5) is 0 Å². The maximum Gasteiger partial charge on any atom is 0.343 e. The number of nitrogens with zero attached hydrogens (tertiary/aromatic N) is 1. The van der Waals surface area contributed by atoms with Crippen LogP contribution in [0, 0.1) is 0 Å². The van der Waals surface area contributed by atoms with Crippen LogP contribution in [0.3, 0.4) is 0 Å². The Labute approximate surface area is 114 Å². The van der Waals surface area contributed by atoms with E-state index in [4.69, 9.17) is 9.47 Å². The van der Waals surface area contributed by atoms with Gasteiger partial charge in [0.2, 0.25) is 0 Å². The van der Waals surface area contributed by atoms with Gasteiger partial charge in [0.05, 0.1) is 12.7 Å². The van der Waals surface area contributed by atoms with Gasteiger partial charge in [-0.2, -0.15) is 0 Å². The van der Waals surface area contributed by atoms with Crippen molar-refractivity contribution < 1.29 is 28.3 Å². The lowest BCUT2D eigenvalue weighted by Crippen LogP contribution is -2.09. The molecule has 20 heavy (non-hydrogen) atoms. The summed E-state index contributed by atoms with van der Waals surface area (Å²) in [6.07, 6.45) is 1.16. The third-order valence-corrected chi connectivity index (χ3v) is 2.42. The van der Waals surface area contributed by atoms with E-state index in [0.717, 1.165) is 6.26 Å². The van der Waals surface area contributed by atoms with Crippen LogP contribution in [-0.2, 0) is 16.1 Å². The lowest BCUT2D eigenvalue weighted by atomic mass is 10.2. The summed E-state index contributed by atoms with van der Waals surface area (Å²) >= 11 is 0. The average molecular weight is 277 g/mol. The maximum atomic E-state index is 11.9. The molecule has 0 aliphatic carbocycles. The number of aromatic nitrogens is 1. The van der Waals surface area contributed by atoms with Gasteiger partial charge < -0.3 is 18.7 Å². The van der Waals surface area contributed by atoms with Gasteiger partial charge in [-0.05, 0) is 24.3 Å². The molecule has 7 nitrogen and oxygen atoms in total.